The monoisotopic (exact) mass is 221 g/mol. The van der Waals surface area contributed by atoms with Crippen LogP contribution in [-0.2, 0) is 0 Å². The lowest BCUT2D eigenvalue weighted by atomic mass is 9.92. The van der Waals surface area contributed by atoms with E-state index in [1.54, 1.807) is 11.0 Å². The molecule has 2 N–H and O–H groups in total. The third-order valence-electron chi connectivity index (χ3n) is 3.92. The zero-order chi connectivity index (χ0) is 11.8. The van der Waals surface area contributed by atoms with E-state index in [4.69, 9.17) is 5.73 Å². The van der Waals surface area contributed by atoms with Crippen molar-refractivity contribution in [3.05, 3.63) is 12.7 Å². The Hall–Kier alpha value is -1.32. The maximum atomic E-state index is 11.7. The average Bonchev–Trinajstić information content (AvgIpc) is 2.78. The largest absolute Gasteiger partial charge is 0.385 e. The first-order valence-corrected chi connectivity index (χ1v) is 5.91. The molecule has 88 valence electrons. The van der Waals surface area contributed by atoms with Crippen molar-refractivity contribution >= 4 is 11.9 Å². The minimum absolute atomic E-state index is 0.200. The van der Waals surface area contributed by atoms with E-state index in [1.165, 1.54) is 0 Å². The molecule has 0 aromatic heterocycles. The Labute approximate surface area is 96.2 Å². The number of aliphatic imine (C=N–C) groups is 1. The number of amidine groups is 1. The van der Waals surface area contributed by atoms with Crippen LogP contribution in [0.2, 0.25) is 0 Å². The van der Waals surface area contributed by atoms with Crippen LogP contribution in [-0.4, -0.2) is 28.9 Å². The van der Waals surface area contributed by atoms with E-state index in [0.29, 0.717) is 18.3 Å². The molecule has 0 bridgehead atoms. The first kappa shape index (κ1) is 11.2. The van der Waals surface area contributed by atoms with E-state index in [1.807, 2.05) is 0 Å². The van der Waals surface area contributed by atoms with E-state index in [9.17, 15) is 4.79 Å². The summed E-state index contributed by atoms with van der Waals surface area (Å²) in [6.07, 6.45) is 5.92. The van der Waals surface area contributed by atoms with Gasteiger partial charge in [0.2, 0.25) is 0 Å². The highest BCUT2D eigenvalue weighted by atomic mass is 16.2. The van der Waals surface area contributed by atoms with Crippen molar-refractivity contribution in [3.8, 4) is 0 Å². The Morgan fingerprint density at radius 3 is 3.06 bits per heavy atom. The summed E-state index contributed by atoms with van der Waals surface area (Å²) in [5, 5.41) is 0. The second kappa shape index (κ2) is 3.92. The Bertz CT molecular complexity index is 350. The van der Waals surface area contributed by atoms with Crippen molar-refractivity contribution in [2.45, 2.75) is 38.1 Å². The molecule has 2 unspecified atom stereocenters. The number of hydrogen-bond donors (Lipinski definition) is 1. The first-order chi connectivity index (χ1) is 7.64. The van der Waals surface area contributed by atoms with Crippen molar-refractivity contribution in [3.63, 3.8) is 0 Å². The van der Waals surface area contributed by atoms with Crippen LogP contribution < -0.4 is 5.73 Å². The van der Waals surface area contributed by atoms with Gasteiger partial charge in [-0.3, -0.25) is 0 Å². The number of rotatable bonds is 3. The third kappa shape index (κ3) is 1.44. The van der Waals surface area contributed by atoms with Gasteiger partial charge in [-0.1, -0.05) is 19.4 Å². The lowest BCUT2D eigenvalue weighted by Crippen LogP contribution is -2.52. The Morgan fingerprint density at radius 1 is 1.75 bits per heavy atom. The standard InChI is InChI=1S/C12H19N3O/c1-3-7-15-11(16)14-10(13)12(15)6-5-9(4-2)8-12/h3,9H,1,4-8H2,2H3,(H2,13,14,16). The molecule has 1 heterocycles. The van der Waals surface area contributed by atoms with E-state index in [0.717, 1.165) is 25.7 Å². The van der Waals surface area contributed by atoms with Crippen LogP contribution >= 0.6 is 0 Å². The zero-order valence-corrected chi connectivity index (χ0v) is 9.78. The number of carbonyl (C=O) groups excluding carboxylic acids is 1. The highest BCUT2D eigenvalue weighted by Gasteiger charge is 2.51. The molecular weight excluding hydrogens is 202 g/mol. The highest BCUT2D eigenvalue weighted by molar-refractivity contribution is 6.06. The summed E-state index contributed by atoms with van der Waals surface area (Å²) >= 11 is 0. The fourth-order valence-corrected chi connectivity index (χ4v) is 2.92. The van der Waals surface area contributed by atoms with Crippen LogP contribution in [0.4, 0.5) is 4.79 Å². The summed E-state index contributed by atoms with van der Waals surface area (Å²) in [6, 6.07) is -0.200. The fraction of sp³-hybridized carbons (Fsp3) is 0.667. The summed E-state index contributed by atoms with van der Waals surface area (Å²) in [7, 11) is 0. The molecule has 4 nitrogen and oxygen atoms in total. The van der Waals surface area contributed by atoms with Gasteiger partial charge >= 0.3 is 6.03 Å². The maximum Gasteiger partial charge on any atom is 0.346 e. The predicted molar refractivity (Wildman–Crippen MR) is 64.3 cm³/mol. The van der Waals surface area contributed by atoms with Crippen LogP contribution in [0.5, 0.6) is 0 Å². The van der Waals surface area contributed by atoms with Gasteiger partial charge in [0.15, 0.2) is 0 Å². The average molecular weight is 221 g/mol. The van der Waals surface area contributed by atoms with Gasteiger partial charge in [0, 0.05) is 6.54 Å². The van der Waals surface area contributed by atoms with E-state index in [-0.39, 0.29) is 11.6 Å². The van der Waals surface area contributed by atoms with Gasteiger partial charge in [0.1, 0.15) is 11.4 Å². The molecule has 0 radical (unpaired) electrons. The van der Waals surface area contributed by atoms with Gasteiger partial charge in [-0.15, -0.1) is 6.58 Å². The van der Waals surface area contributed by atoms with Crippen LogP contribution in [0.25, 0.3) is 0 Å². The second-order valence-electron chi connectivity index (χ2n) is 4.73. The number of amides is 2. The van der Waals surface area contributed by atoms with E-state index in [2.05, 4.69) is 18.5 Å². The van der Waals surface area contributed by atoms with Crippen LogP contribution in [0.1, 0.15) is 32.6 Å². The van der Waals surface area contributed by atoms with Gasteiger partial charge in [-0.05, 0) is 25.2 Å². The predicted octanol–water partition coefficient (Wildman–Crippen LogP) is 1.91. The number of nitrogens with two attached hydrogens (primary N) is 1. The lowest BCUT2D eigenvalue weighted by Gasteiger charge is -2.34. The zero-order valence-electron chi connectivity index (χ0n) is 9.78. The minimum Gasteiger partial charge on any atom is -0.385 e. The van der Waals surface area contributed by atoms with Gasteiger partial charge in [-0.25, -0.2) is 4.79 Å². The van der Waals surface area contributed by atoms with Gasteiger partial charge in [0.05, 0.1) is 0 Å². The minimum atomic E-state index is -0.300. The molecule has 0 saturated heterocycles. The SMILES string of the molecule is C=CCN1C(=O)N=C(N)C12CCC(CC)C2. The molecule has 0 aromatic carbocycles. The van der Waals surface area contributed by atoms with Crippen molar-refractivity contribution in [2.75, 3.05) is 6.54 Å². The molecule has 4 heteroatoms. The summed E-state index contributed by atoms with van der Waals surface area (Å²) < 4.78 is 0. The molecule has 16 heavy (non-hydrogen) atoms. The Balaban J connectivity index is 2.27. The fourth-order valence-electron chi connectivity index (χ4n) is 2.92. The molecule has 0 aromatic rings. The van der Waals surface area contributed by atoms with Gasteiger partial charge < -0.3 is 10.6 Å². The topological polar surface area (TPSA) is 58.7 Å². The van der Waals surface area contributed by atoms with Crippen molar-refractivity contribution in [1.29, 1.82) is 0 Å². The molecule has 2 aliphatic rings. The molecule has 2 atom stereocenters. The normalized spacial score (nSPS) is 33.6. The molecule has 1 fully saturated rings. The second-order valence-corrected chi connectivity index (χ2v) is 4.73. The Kier molecular flexibility index (Phi) is 2.74. The quantitative estimate of drug-likeness (QED) is 0.740. The maximum absolute atomic E-state index is 11.7. The summed E-state index contributed by atoms with van der Waals surface area (Å²) in [4.78, 5) is 17.5. The summed E-state index contributed by atoms with van der Waals surface area (Å²) in [5.74, 6) is 1.17. The molecule has 2 amide bonds. The van der Waals surface area contributed by atoms with E-state index >= 15 is 0 Å². The number of nitrogens with zero attached hydrogens (tertiary/aromatic N) is 2. The number of hydrogen-bond acceptors (Lipinski definition) is 2. The Morgan fingerprint density at radius 2 is 2.50 bits per heavy atom. The molecule has 1 saturated carbocycles. The van der Waals surface area contributed by atoms with Gasteiger partial charge in [-0.2, -0.15) is 4.99 Å². The summed E-state index contributed by atoms with van der Waals surface area (Å²) in [6.45, 7) is 6.42. The molecule has 1 aliphatic heterocycles. The molecule has 2 rings (SSSR count). The van der Waals surface area contributed by atoms with E-state index < -0.39 is 0 Å². The van der Waals surface area contributed by atoms with Gasteiger partial charge in [0.25, 0.3) is 0 Å². The summed E-state index contributed by atoms with van der Waals surface area (Å²) in [5.41, 5.74) is 5.66. The molecule has 1 aliphatic carbocycles. The van der Waals surface area contributed by atoms with Crippen molar-refractivity contribution < 1.29 is 4.79 Å². The van der Waals surface area contributed by atoms with Crippen LogP contribution in [0.15, 0.2) is 17.6 Å². The van der Waals surface area contributed by atoms with Crippen molar-refractivity contribution in [1.82, 2.24) is 4.90 Å². The first-order valence-electron chi connectivity index (χ1n) is 5.91. The highest BCUT2D eigenvalue weighted by Crippen LogP contribution is 2.43. The lowest BCUT2D eigenvalue weighted by molar-refractivity contribution is 0.180. The number of carbonyl (C=O) groups is 1. The smallest absolute Gasteiger partial charge is 0.346 e. The van der Waals surface area contributed by atoms with Crippen LogP contribution in [0, 0.1) is 5.92 Å². The third-order valence-corrected chi connectivity index (χ3v) is 3.92. The molecular formula is C12H19N3O. The van der Waals surface area contributed by atoms with Crippen LogP contribution in [0.3, 0.4) is 0 Å². The van der Waals surface area contributed by atoms with Crippen molar-refractivity contribution in [2.24, 2.45) is 16.6 Å². The number of urea groups is 1. The molecule has 1 spiro atoms.